The summed E-state index contributed by atoms with van der Waals surface area (Å²) in [6, 6.07) is 7.93. The van der Waals surface area contributed by atoms with Gasteiger partial charge in [0.25, 0.3) is 0 Å². The van der Waals surface area contributed by atoms with Crippen LogP contribution in [0.15, 0.2) is 48.9 Å². The quantitative estimate of drug-likeness (QED) is 0.353. The molecule has 1 aliphatic carbocycles. The van der Waals surface area contributed by atoms with Crippen LogP contribution in [0.3, 0.4) is 0 Å². The molecule has 3 N–H and O–H groups in total. The maximum absolute atomic E-state index is 15.2. The van der Waals surface area contributed by atoms with Crippen molar-refractivity contribution in [3.05, 3.63) is 66.1 Å². The van der Waals surface area contributed by atoms with Crippen LogP contribution in [0, 0.1) is 11.6 Å². The van der Waals surface area contributed by atoms with Gasteiger partial charge in [0.2, 0.25) is 5.95 Å². The van der Waals surface area contributed by atoms with Gasteiger partial charge in [-0.25, -0.2) is 13.8 Å². The molecule has 1 aliphatic heterocycles. The van der Waals surface area contributed by atoms with Gasteiger partial charge in [-0.1, -0.05) is 6.42 Å². The van der Waals surface area contributed by atoms with Crippen molar-refractivity contribution >= 4 is 17.2 Å². The number of fused-ring (bicyclic) bond motifs is 1. The number of imidazole rings is 1. The van der Waals surface area contributed by atoms with E-state index in [1.807, 2.05) is 6.07 Å². The van der Waals surface area contributed by atoms with Crippen molar-refractivity contribution in [3.63, 3.8) is 0 Å². The molecule has 198 valence electrons. The molecule has 0 amide bonds. The molecule has 2 fully saturated rings. The second-order valence-electron chi connectivity index (χ2n) is 10.0. The number of nitrogens with zero attached hydrogens (tertiary/aromatic N) is 4. The number of halogens is 2. The first-order chi connectivity index (χ1) is 18.5. The van der Waals surface area contributed by atoms with Crippen molar-refractivity contribution in [1.29, 1.82) is 0 Å². The highest BCUT2D eigenvalue weighted by Crippen LogP contribution is 2.37. The van der Waals surface area contributed by atoms with Crippen molar-refractivity contribution in [1.82, 2.24) is 19.6 Å². The summed E-state index contributed by atoms with van der Waals surface area (Å²) >= 11 is 0. The molecular formula is C28H30F2N6O2. The van der Waals surface area contributed by atoms with Gasteiger partial charge in [0.1, 0.15) is 23.5 Å². The molecule has 0 spiro atoms. The molecule has 0 unspecified atom stereocenters. The number of nitrogens with one attached hydrogen (secondary N) is 1. The lowest BCUT2D eigenvalue weighted by atomic mass is 9.81. The number of ether oxygens (including phenoxy) is 2. The fourth-order valence-corrected chi connectivity index (χ4v) is 5.45. The average molecular weight is 521 g/mol. The Balaban J connectivity index is 1.29. The zero-order chi connectivity index (χ0) is 26.1. The average Bonchev–Trinajstić information content (AvgIpc) is 3.31. The summed E-state index contributed by atoms with van der Waals surface area (Å²) in [5.74, 6) is -0.567. The Morgan fingerprint density at radius 1 is 1.03 bits per heavy atom. The minimum absolute atomic E-state index is 0.121. The molecule has 3 aromatic heterocycles. The number of hydrogen-bond donors (Lipinski definition) is 2. The zero-order valence-electron chi connectivity index (χ0n) is 20.9. The van der Waals surface area contributed by atoms with Crippen molar-refractivity contribution in [2.24, 2.45) is 5.73 Å². The first-order valence-corrected chi connectivity index (χ1v) is 13.1. The van der Waals surface area contributed by atoms with E-state index in [1.54, 1.807) is 35.2 Å². The van der Waals surface area contributed by atoms with Crippen LogP contribution in [0.1, 0.15) is 50.0 Å². The van der Waals surface area contributed by atoms with Gasteiger partial charge in [-0.3, -0.25) is 4.98 Å². The van der Waals surface area contributed by atoms with Gasteiger partial charge in [0, 0.05) is 37.2 Å². The molecule has 10 heteroatoms. The highest BCUT2D eigenvalue weighted by molar-refractivity contribution is 5.66. The van der Waals surface area contributed by atoms with E-state index in [9.17, 15) is 0 Å². The third kappa shape index (κ3) is 5.06. The first-order valence-electron chi connectivity index (χ1n) is 13.1. The van der Waals surface area contributed by atoms with Gasteiger partial charge in [-0.2, -0.15) is 9.61 Å². The Morgan fingerprint density at radius 3 is 2.63 bits per heavy atom. The first kappa shape index (κ1) is 24.7. The van der Waals surface area contributed by atoms with E-state index < -0.39 is 11.6 Å². The Morgan fingerprint density at radius 2 is 1.84 bits per heavy atom. The number of aromatic nitrogens is 4. The normalized spacial score (nSPS) is 20.5. The molecule has 6 rings (SSSR count). The van der Waals surface area contributed by atoms with Crippen molar-refractivity contribution in [3.8, 4) is 17.0 Å². The van der Waals surface area contributed by atoms with Crippen LogP contribution in [0.5, 0.6) is 5.75 Å². The Bertz CT molecular complexity index is 1420. The summed E-state index contributed by atoms with van der Waals surface area (Å²) in [7, 11) is 0. The van der Waals surface area contributed by atoms with Crippen molar-refractivity contribution in [2.75, 3.05) is 18.5 Å². The molecule has 4 aromatic rings. The number of nitrogens with two attached hydrogens (primary N) is 1. The minimum atomic E-state index is -0.739. The highest BCUT2D eigenvalue weighted by Gasteiger charge is 2.24. The predicted molar refractivity (Wildman–Crippen MR) is 140 cm³/mol. The van der Waals surface area contributed by atoms with Gasteiger partial charge in [0.15, 0.2) is 0 Å². The number of hydrogen-bond acceptors (Lipinski definition) is 7. The van der Waals surface area contributed by atoms with E-state index in [2.05, 4.69) is 20.4 Å². The molecule has 0 bridgehead atoms. The Hall–Kier alpha value is -3.63. The summed E-state index contributed by atoms with van der Waals surface area (Å²) in [5.41, 5.74) is 8.79. The summed E-state index contributed by atoms with van der Waals surface area (Å²) in [6.07, 6.45) is 10.5. The lowest BCUT2D eigenvalue weighted by molar-refractivity contribution is 0.0253. The van der Waals surface area contributed by atoms with Gasteiger partial charge in [-0.05, 0) is 48.9 Å². The predicted octanol–water partition coefficient (Wildman–Crippen LogP) is 5.36. The van der Waals surface area contributed by atoms with Crippen LogP contribution in [-0.4, -0.2) is 44.9 Å². The van der Waals surface area contributed by atoms with Crippen LogP contribution in [-0.2, 0) is 4.74 Å². The molecule has 2 aliphatic rings. The van der Waals surface area contributed by atoms with Crippen molar-refractivity contribution in [2.45, 2.75) is 56.6 Å². The van der Waals surface area contributed by atoms with Gasteiger partial charge < -0.3 is 20.5 Å². The van der Waals surface area contributed by atoms with E-state index in [0.717, 1.165) is 36.9 Å². The number of pyridine rings is 1. The molecule has 1 saturated heterocycles. The molecule has 2 atom stereocenters. The van der Waals surface area contributed by atoms with Crippen molar-refractivity contribution < 1.29 is 18.3 Å². The van der Waals surface area contributed by atoms with Gasteiger partial charge in [-0.15, -0.1) is 0 Å². The van der Waals surface area contributed by atoms with Crippen LogP contribution in [0.2, 0.25) is 0 Å². The molecule has 1 aromatic carbocycles. The molecular weight excluding hydrogens is 490 g/mol. The summed E-state index contributed by atoms with van der Waals surface area (Å²) in [5, 5.41) is 7.88. The third-order valence-electron chi connectivity index (χ3n) is 7.38. The van der Waals surface area contributed by atoms with E-state index in [-0.39, 0.29) is 29.2 Å². The molecule has 0 radical (unpaired) electrons. The highest BCUT2D eigenvalue weighted by atomic mass is 19.1. The van der Waals surface area contributed by atoms with Gasteiger partial charge >= 0.3 is 0 Å². The Labute approximate surface area is 219 Å². The second kappa shape index (κ2) is 10.6. The lowest BCUT2D eigenvalue weighted by Gasteiger charge is -2.28. The monoisotopic (exact) mass is 520 g/mol. The standard InChI is InChI=1S/C28H30F2N6O2/c29-23-13-21(38-20-7-10-37-11-8-20)14-24(30)27(23)25-5-4-19-15-33-28(36(19)35-25)34-26-16-32-9-6-22(26)17-2-1-3-18(31)12-17/h4-6,9,13-18,20H,1-3,7-8,10-12,31H2,(H,33,34)/t17-,18+/m1/s1. The van der Waals surface area contributed by atoms with E-state index >= 15 is 8.78 Å². The van der Waals surface area contributed by atoms with Crippen LogP contribution in [0.4, 0.5) is 20.4 Å². The molecule has 1 saturated carbocycles. The van der Waals surface area contributed by atoms with E-state index in [4.69, 9.17) is 15.2 Å². The Kier molecular flexibility index (Phi) is 6.90. The fourth-order valence-electron chi connectivity index (χ4n) is 5.45. The van der Waals surface area contributed by atoms with E-state index in [1.165, 1.54) is 12.1 Å². The zero-order valence-corrected chi connectivity index (χ0v) is 20.9. The van der Waals surface area contributed by atoms with E-state index in [0.29, 0.717) is 43.4 Å². The molecule has 8 nitrogen and oxygen atoms in total. The molecule has 4 heterocycles. The second-order valence-corrected chi connectivity index (χ2v) is 10.0. The summed E-state index contributed by atoms with van der Waals surface area (Å²) in [4.78, 5) is 8.76. The smallest absolute Gasteiger partial charge is 0.229 e. The summed E-state index contributed by atoms with van der Waals surface area (Å²) < 4.78 is 43.0. The topological polar surface area (TPSA) is 99.6 Å². The third-order valence-corrected chi connectivity index (χ3v) is 7.38. The maximum atomic E-state index is 15.2. The number of anilines is 2. The summed E-state index contributed by atoms with van der Waals surface area (Å²) in [6.45, 7) is 1.15. The lowest BCUT2D eigenvalue weighted by Crippen LogP contribution is -2.27. The maximum Gasteiger partial charge on any atom is 0.229 e. The SMILES string of the molecule is N[C@H]1CCC[C@@H](c2ccncc2Nc2ncc3ccc(-c4c(F)cc(OC5CCOCC5)cc4F)nn23)C1. The molecule has 38 heavy (non-hydrogen) atoms. The number of benzene rings is 1. The van der Waals surface area contributed by atoms with Crippen LogP contribution >= 0.6 is 0 Å². The minimum Gasteiger partial charge on any atom is -0.490 e. The fraction of sp³-hybridized carbons (Fsp3) is 0.393. The largest absolute Gasteiger partial charge is 0.490 e. The van der Waals surface area contributed by atoms with Crippen LogP contribution < -0.4 is 15.8 Å². The van der Waals surface area contributed by atoms with Crippen LogP contribution in [0.25, 0.3) is 16.8 Å². The van der Waals surface area contributed by atoms with Gasteiger partial charge in [0.05, 0.1) is 48.1 Å². The number of rotatable bonds is 6.